The smallest absolute Gasteiger partial charge is 0.416 e. The first-order valence-corrected chi connectivity index (χ1v) is 6.70. The number of hydrogen-bond donors (Lipinski definition) is 3. The van der Waals surface area contributed by atoms with Crippen LogP contribution in [0.1, 0.15) is 15.9 Å². The second kappa shape index (κ2) is 6.52. The standard InChI is InChI=1S/C16H11F3N4O2/c1-22-10-6-7-11(24)13(14(25)23-15(20)21)12(10)8-2-4-9(5-3-8)16(17,18)19/h2-7,24H,(H4,20,21,23,25). The van der Waals surface area contributed by atoms with E-state index in [1.165, 1.54) is 6.07 Å². The summed E-state index contributed by atoms with van der Waals surface area (Å²) < 4.78 is 38.1. The van der Waals surface area contributed by atoms with Gasteiger partial charge in [-0.2, -0.15) is 18.2 Å². The minimum atomic E-state index is -4.53. The minimum absolute atomic E-state index is 0.0494. The molecule has 0 saturated carbocycles. The Balaban J connectivity index is 2.72. The Labute approximate surface area is 140 Å². The number of guanidine groups is 1. The maximum Gasteiger partial charge on any atom is 0.416 e. The molecule has 0 saturated heterocycles. The number of carbonyl (C=O) groups is 1. The summed E-state index contributed by atoms with van der Waals surface area (Å²) in [6, 6.07) is 6.15. The van der Waals surface area contributed by atoms with E-state index in [2.05, 4.69) is 9.84 Å². The highest BCUT2D eigenvalue weighted by Crippen LogP contribution is 2.40. The number of aliphatic imine (C=N–C) groups is 1. The largest absolute Gasteiger partial charge is 0.507 e. The second-order valence-electron chi connectivity index (χ2n) is 4.88. The van der Waals surface area contributed by atoms with Crippen LogP contribution in [0.15, 0.2) is 41.4 Å². The molecule has 0 heterocycles. The number of alkyl halides is 3. The molecule has 0 unspecified atom stereocenters. The number of rotatable bonds is 2. The van der Waals surface area contributed by atoms with Gasteiger partial charge in [-0.05, 0) is 23.8 Å². The van der Waals surface area contributed by atoms with E-state index in [9.17, 15) is 23.1 Å². The third-order valence-corrected chi connectivity index (χ3v) is 3.23. The number of amides is 1. The first-order chi connectivity index (χ1) is 11.6. The van der Waals surface area contributed by atoms with Crippen molar-refractivity contribution in [1.29, 1.82) is 0 Å². The molecule has 2 aromatic carbocycles. The minimum Gasteiger partial charge on any atom is -0.507 e. The van der Waals surface area contributed by atoms with Crippen LogP contribution < -0.4 is 11.5 Å². The maximum absolute atomic E-state index is 12.7. The van der Waals surface area contributed by atoms with Gasteiger partial charge in [0.05, 0.1) is 17.7 Å². The lowest BCUT2D eigenvalue weighted by atomic mass is 9.95. The molecule has 9 heteroatoms. The van der Waals surface area contributed by atoms with Crippen LogP contribution in [0.4, 0.5) is 18.9 Å². The molecule has 128 valence electrons. The molecule has 0 spiro atoms. The Morgan fingerprint density at radius 3 is 2.20 bits per heavy atom. The Kier molecular flexibility index (Phi) is 4.65. The highest BCUT2D eigenvalue weighted by Gasteiger charge is 2.30. The number of nitrogens with zero attached hydrogens (tertiary/aromatic N) is 2. The van der Waals surface area contributed by atoms with E-state index in [1.54, 1.807) is 0 Å². The van der Waals surface area contributed by atoms with Gasteiger partial charge in [0, 0.05) is 5.56 Å². The summed E-state index contributed by atoms with van der Waals surface area (Å²) in [6.45, 7) is 7.19. The van der Waals surface area contributed by atoms with E-state index in [1.807, 2.05) is 0 Å². The summed E-state index contributed by atoms with van der Waals surface area (Å²) in [4.78, 5) is 18.7. The van der Waals surface area contributed by atoms with Gasteiger partial charge in [-0.15, -0.1) is 0 Å². The van der Waals surface area contributed by atoms with Gasteiger partial charge < -0.3 is 16.6 Å². The third kappa shape index (κ3) is 3.69. The molecule has 0 bridgehead atoms. The predicted octanol–water partition coefficient (Wildman–Crippen LogP) is 3.04. The molecule has 5 N–H and O–H groups in total. The maximum atomic E-state index is 12.7. The quantitative estimate of drug-likeness (QED) is 0.440. The fourth-order valence-corrected chi connectivity index (χ4v) is 2.18. The lowest BCUT2D eigenvalue weighted by molar-refractivity contribution is -0.137. The molecule has 0 aromatic heterocycles. The van der Waals surface area contributed by atoms with Gasteiger partial charge in [-0.1, -0.05) is 18.2 Å². The van der Waals surface area contributed by atoms with Crippen molar-refractivity contribution in [2.75, 3.05) is 0 Å². The van der Waals surface area contributed by atoms with Crippen LogP contribution >= 0.6 is 0 Å². The van der Waals surface area contributed by atoms with E-state index in [0.29, 0.717) is 0 Å². The van der Waals surface area contributed by atoms with Crippen molar-refractivity contribution in [2.24, 2.45) is 16.5 Å². The molecule has 2 rings (SSSR count). The van der Waals surface area contributed by atoms with Crippen LogP contribution in [0, 0.1) is 6.57 Å². The van der Waals surface area contributed by atoms with Crippen molar-refractivity contribution in [2.45, 2.75) is 6.18 Å². The highest BCUT2D eigenvalue weighted by molar-refractivity contribution is 6.10. The van der Waals surface area contributed by atoms with Gasteiger partial charge in [-0.3, -0.25) is 4.79 Å². The molecule has 2 aromatic rings. The van der Waals surface area contributed by atoms with Gasteiger partial charge >= 0.3 is 6.18 Å². The highest BCUT2D eigenvalue weighted by atomic mass is 19.4. The summed E-state index contributed by atoms with van der Waals surface area (Å²) in [5.74, 6) is -2.08. The lowest BCUT2D eigenvalue weighted by Crippen LogP contribution is -2.24. The Bertz CT molecular complexity index is 893. The van der Waals surface area contributed by atoms with Crippen LogP contribution in [0.3, 0.4) is 0 Å². The van der Waals surface area contributed by atoms with E-state index >= 15 is 0 Å². The Hall–Kier alpha value is -3.54. The molecule has 0 aliphatic rings. The molecule has 6 nitrogen and oxygen atoms in total. The monoisotopic (exact) mass is 348 g/mol. The van der Waals surface area contributed by atoms with Crippen molar-refractivity contribution in [1.82, 2.24) is 0 Å². The number of phenols is 1. The summed E-state index contributed by atoms with van der Waals surface area (Å²) >= 11 is 0. The number of aromatic hydroxyl groups is 1. The molecular weight excluding hydrogens is 337 g/mol. The van der Waals surface area contributed by atoms with E-state index in [4.69, 9.17) is 18.0 Å². The number of carbonyl (C=O) groups excluding carboxylic acids is 1. The van der Waals surface area contributed by atoms with Crippen LogP contribution in [0.5, 0.6) is 5.75 Å². The number of nitrogens with two attached hydrogens (primary N) is 2. The number of phenolic OH excluding ortho intramolecular Hbond substituents is 1. The summed E-state index contributed by atoms with van der Waals surface area (Å²) in [5.41, 5.74) is 9.05. The van der Waals surface area contributed by atoms with Gasteiger partial charge in [0.25, 0.3) is 5.91 Å². The van der Waals surface area contributed by atoms with Gasteiger partial charge in [0.15, 0.2) is 11.6 Å². The number of benzene rings is 2. The first kappa shape index (κ1) is 17.8. The molecule has 0 fully saturated rings. The first-order valence-electron chi connectivity index (χ1n) is 6.70. The summed E-state index contributed by atoms with van der Waals surface area (Å²) in [7, 11) is 0. The summed E-state index contributed by atoms with van der Waals surface area (Å²) in [6.07, 6.45) is -4.53. The zero-order chi connectivity index (χ0) is 18.8. The third-order valence-electron chi connectivity index (χ3n) is 3.23. The van der Waals surface area contributed by atoms with Crippen molar-refractivity contribution >= 4 is 17.6 Å². The Morgan fingerprint density at radius 1 is 1.12 bits per heavy atom. The van der Waals surface area contributed by atoms with E-state index < -0.39 is 29.4 Å². The number of hydrogen-bond acceptors (Lipinski definition) is 2. The zero-order valence-electron chi connectivity index (χ0n) is 12.5. The molecule has 0 atom stereocenters. The van der Waals surface area contributed by atoms with E-state index in [-0.39, 0.29) is 22.4 Å². The van der Waals surface area contributed by atoms with Crippen molar-refractivity contribution in [3.8, 4) is 16.9 Å². The fraction of sp³-hybridized carbons (Fsp3) is 0.0625. The zero-order valence-corrected chi connectivity index (χ0v) is 12.5. The topological polar surface area (TPSA) is 106 Å². The van der Waals surface area contributed by atoms with Crippen LogP contribution in [0.2, 0.25) is 0 Å². The SMILES string of the molecule is [C-]#[N+]c1ccc(O)c(C(=O)N=C(N)N)c1-c1ccc(C(F)(F)F)cc1. The van der Waals surface area contributed by atoms with Crippen LogP contribution in [-0.2, 0) is 6.18 Å². The molecular formula is C16H11F3N4O2. The van der Waals surface area contributed by atoms with Crippen molar-refractivity contribution < 1.29 is 23.1 Å². The average Bonchev–Trinajstić information content (AvgIpc) is 2.53. The summed E-state index contributed by atoms with van der Waals surface area (Å²) in [5, 5.41) is 9.99. The molecule has 25 heavy (non-hydrogen) atoms. The van der Waals surface area contributed by atoms with Crippen LogP contribution in [0.25, 0.3) is 16.0 Å². The predicted molar refractivity (Wildman–Crippen MR) is 84.9 cm³/mol. The fourth-order valence-electron chi connectivity index (χ4n) is 2.18. The van der Waals surface area contributed by atoms with Gasteiger partial charge in [0.2, 0.25) is 0 Å². The molecule has 0 aliphatic carbocycles. The molecule has 1 amide bonds. The molecule has 0 radical (unpaired) electrons. The van der Waals surface area contributed by atoms with Gasteiger partial charge in [-0.25, -0.2) is 4.85 Å². The average molecular weight is 348 g/mol. The number of halogens is 3. The Morgan fingerprint density at radius 2 is 1.72 bits per heavy atom. The van der Waals surface area contributed by atoms with Crippen molar-refractivity contribution in [3.05, 3.63) is 58.9 Å². The van der Waals surface area contributed by atoms with Crippen LogP contribution in [-0.4, -0.2) is 17.0 Å². The second-order valence-corrected chi connectivity index (χ2v) is 4.88. The molecule has 0 aliphatic heterocycles. The van der Waals surface area contributed by atoms with E-state index in [0.717, 1.165) is 30.3 Å². The normalized spacial score (nSPS) is 10.8. The lowest BCUT2D eigenvalue weighted by Gasteiger charge is -2.13. The van der Waals surface area contributed by atoms with Crippen molar-refractivity contribution in [3.63, 3.8) is 0 Å². The van der Waals surface area contributed by atoms with Gasteiger partial charge in [0.1, 0.15) is 5.75 Å².